The van der Waals surface area contributed by atoms with E-state index in [9.17, 15) is 9.59 Å². The number of hydrogen-bond donors (Lipinski definition) is 4. The van der Waals surface area contributed by atoms with Crippen molar-refractivity contribution < 1.29 is 34.8 Å². The van der Waals surface area contributed by atoms with E-state index in [0.717, 1.165) is 24.3 Å². The first-order valence-corrected chi connectivity index (χ1v) is 12.0. The summed E-state index contributed by atoms with van der Waals surface area (Å²) in [5.74, 6) is -1.66. The first kappa shape index (κ1) is 26.2. The minimum atomic E-state index is -2.27. The number of aliphatic hydroxyl groups excluding tert-OH is 2. The second-order valence-electron chi connectivity index (χ2n) is 9.90. The zero-order valence-electron chi connectivity index (χ0n) is 20.2. The maximum atomic E-state index is 9.77. The van der Waals surface area contributed by atoms with Crippen LogP contribution in [0.5, 0.6) is 5.75 Å². The van der Waals surface area contributed by atoms with Crippen molar-refractivity contribution in [1.29, 1.82) is 0 Å². The number of aliphatic carboxylic acids is 2. The molecule has 1 saturated heterocycles. The minimum Gasteiger partial charge on any atom is -0.497 e. The fourth-order valence-electron chi connectivity index (χ4n) is 5.99. The van der Waals surface area contributed by atoms with Gasteiger partial charge in [0.05, 0.1) is 7.11 Å². The third-order valence-electron chi connectivity index (χ3n) is 7.70. The molecule has 3 aliphatic rings. The van der Waals surface area contributed by atoms with E-state index in [1.54, 1.807) is 18.2 Å². The number of carboxylic acid groups (broad SMARTS) is 2. The Labute approximate surface area is 200 Å². The fourth-order valence-corrected chi connectivity index (χ4v) is 5.99. The molecule has 8 nitrogen and oxygen atoms in total. The second-order valence-corrected chi connectivity index (χ2v) is 9.90. The Morgan fingerprint density at radius 3 is 2.41 bits per heavy atom. The number of carboxylic acids is 2. The maximum absolute atomic E-state index is 9.77. The topological polar surface area (TPSA) is 128 Å². The van der Waals surface area contributed by atoms with Crippen molar-refractivity contribution in [3.05, 3.63) is 41.0 Å². The van der Waals surface area contributed by atoms with Gasteiger partial charge in [-0.15, -0.1) is 0 Å². The Hall–Kier alpha value is -2.42. The van der Waals surface area contributed by atoms with Gasteiger partial charge in [-0.1, -0.05) is 30.6 Å². The van der Waals surface area contributed by atoms with Gasteiger partial charge in [-0.2, -0.15) is 0 Å². The highest BCUT2D eigenvalue weighted by molar-refractivity contribution is 5.83. The molecule has 1 aromatic rings. The van der Waals surface area contributed by atoms with E-state index in [-0.39, 0.29) is 0 Å². The van der Waals surface area contributed by atoms with E-state index in [0.29, 0.717) is 5.41 Å². The number of piperidine rings is 1. The molecule has 1 heterocycles. The van der Waals surface area contributed by atoms with Crippen molar-refractivity contribution in [2.24, 2.45) is 5.92 Å². The highest BCUT2D eigenvalue weighted by atomic mass is 16.5. The van der Waals surface area contributed by atoms with Gasteiger partial charge in [-0.25, -0.2) is 9.59 Å². The lowest BCUT2D eigenvalue weighted by molar-refractivity contribution is -0.165. The van der Waals surface area contributed by atoms with Gasteiger partial charge in [0.2, 0.25) is 0 Å². The Morgan fingerprint density at radius 1 is 1.15 bits per heavy atom. The predicted molar refractivity (Wildman–Crippen MR) is 127 cm³/mol. The smallest absolute Gasteiger partial charge is 0.335 e. The van der Waals surface area contributed by atoms with E-state index < -0.39 is 24.1 Å². The summed E-state index contributed by atoms with van der Waals surface area (Å²) in [7, 11) is 1.80. The normalized spacial score (nSPS) is 27.1. The van der Waals surface area contributed by atoms with E-state index in [2.05, 4.69) is 43.0 Å². The molecule has 0 aromatic heterocycles. The average Bonchev–Trinajstić information content (AvgIpc) is 2.82. The first-order chi connectivity index (χ1) is 16.1. The Morgan fingerprint density at radius 2 is 1.82 bits per heavy atom. The number of likely N-dealkylation sites (tertiary alicyclic amines) is 1. The summed E-state index contributed by atoms with van der Waals surface area (Å²) in [5.41, 5.74) is 5.08. The lowest BCUT2D eigenvalue weighted by atomic mass is 9.52. The minimum absolute atomic E-state index is 0.423. The van der Waals surface area contributed by atoms with Crippen molar-refractivity contribution in [1.82, 2.24) is 4.90 Å². The van der Waals surface area contributed by atoms with Crippen LogP contribution >= 0.6 is 0 Å². The summed E-state index contributed by atoms with van der Waals surface area (Å²) in [4.78, 5) is 22.3. The van der Waals surface area contributed by atoms with Crippen LogP contribution in [0.1, 0.15) is 57.1 Å². The van der Waals surface area contributed by atoms with Crippen LogP contribution in [-0.2, 0) is 21.4 Å². The molecule has 34 heavy (non-hydrogen) atoms. The van der Waals surface area contributed by atoms with Crippen LogP contribution in [0, 0.1) is 5.92 Å². The maximum Gasteiger partial charge on any atom is 0.335 e. The molecule has 2 aliphatic carbocycles. The Bertz CT molecular complexity index is 908. The molecule has 1 aliphatic heterocycles. The number of benzene rings is 1. The second kappa shape index (κ2) is 10.9. The highest BCUT2D eigenvalue weighted by Gasteiger charge is 2.53. The molecule has 4 rings (SSSR count). The van der Waals surface area contributed by atoms with Gasteiger partial charge in [0.1, 0.15) is 5.75 Å². The van der Waals surface area contributed by atoms with Crippen LogP contribution in [0.25, 0.3) is 0 Å². The van der Waals surface area contributed by atoms with Gasteiger partial charge >= 0.3 is 11.9 Å². The fraction of sp³-hybridized carbons (Fsp3) is 0.615. The van der Waals surface area contributed by atoms with Crippen LogP contribution in [0.3, 0.4) is 0 Å². The lowest BCUT2D eigenvalue weighted by Gasteiger charge is -2.59. The van der Waals surface area contributed by atoms with E-state index in [1.165, 1.54) is 50.6 Å². The summed E-state index contributed by atoms with van der Waals surface area (Å²) in [6.07, 6.45) is 6.03. The molecular weight excluding hydrogens is 438 g/mol. The molecule has 188 valence electrons. The average molecular weight is 476 g/mol. The third-order valence-corrected chi connectivity index (χ3v) is 7.70. The first-order valence-electron chi connectivity index (χ1n) is 12.0. The Kier molecular flexibility index (Phi) is 8.38. The van der Waals surface area contributed by atoms with Gasteiger partial charge < -0.3 is 25.2 Å². The molecule has 0 amide bonds. The summed E-state index contributed by atoms with van der Waals surface area (Å²) >= 11 is 0. The van der Waals surface area contributed by atoms with Gasteiger partial charge in [0.15, 0.2) is 12.2 Å². The molecule has 4 N–H and O–H groups in total. The van der Waals surface area contributed by atoms with E-state index >= 15 is 0 Å². The highest BCUT2D eigenvalue weighted by Crippen LogP contribution is 2.56. The predicted octanol–water partition coefficient (Wildman–Crippen LogP) is 2.60. The lowest BCUT2D eigenvalue weighted by Crippen LogP contribution is -2.60. The SMILES string of the molecule is COc1ccc2c(c1)[C@]13CCCC[C@H]1[C@H](C2)N(CC=C(C)C)CC3.O=C(O)[C@H](O)[C@@H](O)C(=O)O. The molecule has 2 bridgehead atoms. The zero-order valence-corrected chi connectivity index (χ0v) is 20.2. The van der Waals surface area contributed by atoms with Crippen molar-refractivity contribution in [3.63, 3.8) is 0 Å². The number of allylic oxidation sites excluding steroid dienone is 1. The van der Waals surface area contributed by atoms with Crippen LogP contribution in [0.15, 0.2) is 29.8 Å². The van der Waals surface area contributed by atoms with Crippen molar-refractivity contribution in [2.45, 2.75) is 76.0 Å². The molecular formula is C26H37NO7. The summed E-state index contributed by atoms with van der Waals surface area (Å²) in [6.45, 7) is 6.82. The van der Waals surface area contributed by atoms with Crippen molar-refractivity contribution in [3.8, 4) is 5.75 Å². The Balaban J connectivity index is 0.000000277. The summed E-state index contributed by atoms with van der Waals surface area (Å²) in [6, 6.07) is 7.61. The number of aliphatic hydroxyl groups is 2. The molecule has 0 spiro atoms. The number of nitrogens with zero attached hydrogens (tertiary/aromatic N) is 1. The summed E-state index contributed by atoms with van der Waals surface area (Å²) < 4.78 is 5.56. The van der Waals surface area contributed by atoms with Crippen LogP contribution < -0.4 is 4.74 Å². The quantitative estimate of drug-likeness (QED) is 0.463. The molecule has 5 atom stereocenters. The monoisotopic (exact) mass is 475 g/mol. The number of ether oxygens (including phenoxy) is 1. The van der Waals surface area contributed by atoms with Gasteiger partial charge in [0.25, 0.3) is 0 Å². The van der Waals surface area contributed by atoms with Gasteiger partial charge in [0, 0.05) is 18.0 Å². The number of rotatable bonds is 6. The van der Waals surface area contributed by atoms with Crippen LogP contribution in [0.4, 0.5) is 0 Å². The number of fused-ring (bicyclic) bond motifs is 1. The van der Waals surface area contributed by atoms with E-state index in [1.807, 2.05) is 0 Å². The zero-order chi connectivity index (χ0) is 25.0. The molecule has 1 aromatic carbocycles. The van der Waals surface area contributed by atoms with E-state index in [4.69, 9.17) is 25.2 Å². The molecule has 2 fully saturated rings. The largest absolute Gasteiger partial charge is 0.497 e. The number of carbonyl (C=O) groups is 2. The van der Waals surface area contributed by atoms with Gasteiger partial charge in [-0.05, 0) is 75.3 Å². The summed E-state index contributed by atoms with van der Waals surface area (Å²) in [5, 5.41) is 32.5. The van der Waals surface area contributed by atoms with Crippen LogP contribution in [-0.4, -0.2) is 75.7 Å². The van der Waals surface area contributed by atoms with Crippen LogP contribution in [0.2, 0.25) is 0 Å². The molecule has 8 heteroatoms. The standard InChI is InChI=1S/C22H31NO.C4H6O6/c1-16(2)9-12-23-13-11-22-10-5-4-6-19(22)21(23)14-17-7-8-18(24-3)15-20(17)22;5-1(3(7)8)2(6)4(9)10/h7-9,15,19,21H,4-6,10-14H2,1-3H3;1-2,5-6H,(H,7,8)(H,9,10)/t19-,21-,22-;1-,2-/m01/s1. The molecule has 0 unspecified atom stereocenters. The third kappa shape index (κ3) is 5.29. The van der Waals surface area contributed by atoms with Crippen molar-refractivity contribution >= 4 is 11.9 Å². The molecule has 0 radical (unpaired) electrons. The van der Waals surface area contributed by atoms with Gasteiger partial charge in [-0.3, -0.25) is 4.90 Å². The number of hydrogen-bond acceptors (Lipinski definition) is 6. The molecule has 1 saturated carbocycles. The number of methoxy groups -OCH3 is 1. The van der Waals surface area contributed by atoms with Crippen molar-refractivity contribution in [2.75, 3.05) is 20.2 Å².